The first-order valence-corrected chi connectivity index (χ1v) is 7.47. The molecule has 5 nitrogen and oxygen atoms in total. The van der Waals surface area contributed by atoms with E-state index in [-0.39, 0.29) is 18.1 Å². The van der Waals surface area contributed by atoms with Crippen LogP contribution in [0.15, 0.2) is 47.3 Å². The minimum absolute atomic E-state index is 0.116. The van der Waals surface area contributed by atoms with Gasteiger partial charge in [0.1, 0.15) is 5.75 Å². The van der Waals surface area contributed by atoms with Crippen molar-refractivity contribution in [2.45, 2.75) is 6.42 Å². The molecular weight excluding hydrogens is 339 g/mol. The summed E-state index contributed by atoms with van der Waals surface area (Å²) in [6, 6.07) is 11.2. The number of rotatable bonds is 3. The first kappa shape index (κ1) is 15.5. The molecular formula is C16H12Cl2N2O3. The number of imidazole rings is 1. The molecule has 3 rings (SSSR count). The number of aromatic amines is 1. The van der Waals surface area contributed by atoms with Gasteiger partial charge in [-0.2, -0.15) is 0 Å². The van der Waals surface area contributed by atoms with Gasteiger partial charge < -0.3 is 15.2 Å². The minimum atomic E-state index is -0.504. The van der Waals surface area contributed by atoms with E-state index in [0.717, 1.165) is 10.1 Å². The van der Waals surface area contributed by atoms with Crippen LogP contribution in [0.25, 0.3) is 5.69 Å². The number of nitrogens with zero attached hydrogens (tertiary/aromatic N) is 1. The lowest BCUT2D eigenvalue weighted by Crippen LogP contribution is -2.14. The Morgan fingerprint density at radius 2 is 1.74 bits per heavy atom. The third-order valence-corrected chi connectivity index (χ3v) is 3.78. The molecule has 0 aliphatic rings. The van der Waals surface area contributed by atoms with Crippen molar-refractivity contribution in [1.29, 1.82) is 0 Å². The van der Waals surface area contributed by atoms with Crippen LogP contribution in [0.1, 0.15) is 11.3 Å². The van der Waals surface area contributed by atoms with E-state index in [9.17, 15) is 15.0 Å². The first-order chi connectivity index (χ1) is 10.9. The molecule has 0 saturated carbocycles. The van der Waals surface area contributed by atoms with Crippen molar-refractivity contribution in [3.8, 4) is 17.3 Å². The fourth-order valence-corrected chi connectivity index (χ4v) is 2.89. The Balaban J connectivity index is 2.04. The molecule has 0 aliphatic carbocycles. The van der Waals surface area contributed by atoms with Gasteiger partial charge in [0.25, 0.3) is 0 Å². The number of hydrogen-bond acceptors (Lipinski definition) is 3. The SMILES string of the molecule is O=c1[nH]c(Cc2cccc(O)c2)c(O)n1-c1cc(Cl)cc(Cl)c1. The average molecular weight is 351 g/mol. The maximum atomic E-state index is 12.2. The molecule has 7 heteroatoms. The second kappa shape index (κ2) is 6.02. The van der Waals surface area contributed by atoms with Gasteiger partial charge in [0.05, 0.1) is 11.4 Å². The summed E-state index contributed by atoms with van der Waals surface area (Å²) in [7, 11) is 0. The van der Waals surface area contributed by atoms with Gasteiger partial charge >= 0.3 is 5.69 Å². The Morgan fingerprint density at radius 3 is 2.39 bits per heavy atom. The Labute approximate surface area is 141 Å². The van der Waals surface area contributed by atoms with Crippen molar-refractivity contribution in [3.05, 3.63) is 74.3 Å². The van der Waals surface area contributed by atoms with Crippen LogP contribution < -0.4 is 5.69 Å². The van der Waals surface area contributed by atoms with E-state index < -0.39 is 5.69 Å². The predicted molar refractivity (Wildman–Crippen MR) is 89.0 cm³/mol. The van der Waals surface area contributed by atoms with E-state index in [1.165, 1.54) is 18.2 Å². The number of aromatic nitrogens is 2. The number of halogens is 2. The molecule has 0 saturated heterocycles. The van der Waals surface area contributed by atoms with Crippen LogP contribution >= 0.6 is 23.2 Å². The zero-order chi connectivity index (χ0) is 16.6. The van der Waals surface area contributed by atoms with Gasteiger partial charge in [-0.15, -0.1) is 0 Å². The summed E-state index contributed by atoms with van der Waals surface area (Å²) in [5.41, 5.74) is 0.939. The number of aromatic hydroxyl groups is 2. The summed E-state index contributed by atoms with van der Waals surface area (Å²) in [5, 5.41) is 20.6. The maximum absolute atomic E-state index is 12.2. The Bertz CT molecular complexity index is 911. The van der Waals surface area contributed by atoms with Crippen LogP contribution in [-0.4, -0.2) is 19.8 Å². The van der Waals surface area contributed by atoms with E-state index in [1.807, 2.05) is 0 Å². The maximum Gasteiger partial charge on any atom is 0.333 e. The van der Waals surface area contributed by atoms with Crippen molar-refractivity contribution < 1.29 is 10.2 Å². The van der Waals surface area contributed by atoms with Crippen molar-refractivity contribution >= 4 is 23.2 Å². The summed E-state index contributed by atoms with van der Waals surface area (Å²) in [6.07, 6.45) is 0.261. The molecule has 0 aliphatic heterocycles. The topological polar surface area (TPSA) is 78.2 Å². The molecule has 1 heterocycles. The van der Waals surface area contributed by atoms with E-state index in [1.54, 1.807) is 24.3 Å². The molecule has 2 aromatic carbocycles. The molecule has 0 radical (unpaired) electrons. The van der Waals surface area contributed by atoms with E-state index in [4.69, 9.17) is 23.2 Å². The lowest BCUT2D eigenvalue weighted by atomic mass is 10.1. The average Bonchev–Trinajstić information content (AvgIpc) is 2.72. The Morgan fingerprint density at radius 1 is 1.04 bits per heavy atom. The lowest BCUT2D eigenvalue weighted by molar-refractivity contribution is 0.435. The van der Waals surface area contributed by atoms with Gasteiger partial charge in [-0.1, -0.05) is 35.3 Å². The molecule has 0 fully saturated rings. The molecule has 118 valence electrons. The molecule has 0 unspecified atom stereocenters. The highest BCUT2D eigenvalue weighted by Crippen LogP contribution is 2.26. The second-order valence-corrected chi connectivity index (χ2v) is 5.91. The van der Waals surface area contributed by atoms with Crippen molar-refractivity contribution in [2.75, 3.05) is 0 Å². The number of hydrogen-bond donors (Lipinski definition) is 3. The Hall–Kier alpha value is -2.37. The lowest BCUT2D eigenvalue weighted by Gasteiger charge is -2.06. The molecule has 3 aromatic rings. The summed E-state index contributed by atoms with van der Waals surface area (Å²) in [4.78, 5) is 14.8. The van der Waals surface area contributed by atoms with E-state index in [0.29, 0.717) is 21.4 Å². The highest BCUT2D eigenvalue weighted by Gasteiger charge is 2.16. The van der Waals surface area contributed by atoms with Gasteiger partial charge in [0.15, 0.2) is 0 Å². The third kappa shape index (κ3) is 3.21. The third-order valence-electron chi connectivity index (χ3n) is 3.34. The zero-order valence-corrected chi connectivity index (χ0v) is 13.3. The molecule has 0 atom stereocenters. The van der Waals surface area contributed by atoms with E-state index in [2.05, 4.69) is 4.98 Å². The van der Waals surface area contributed by atoms with Gasteiger partial charge in [0, 0.05) is 16.5 Å². The number of H-pyrrole nitrogens is 1. The summed E-state index contributed by atoms with van der Waals surface area (Å²) < 4.78 is 1.09. The van der Waals surface area contributed by atoms with Crippen molar-refractivity contribution in [3.63, 3.8) is 0 Å². The molecule has 1 aromatic heterocycles. The predicted octanol–water partition coefficient (Wildman–Crippen LogP) is 3.47. The second-order valence-electron chi connectivity index (χ2n) is 5.04. The number of benzene rings is 2. The monoisotopic (exact) mass is 350 g/mol. The molecule has 0 amide bonds. The van der Waals surface area contributed by atoms with Crippen LogP contribution in [0, 0.1) is 0 Å². The minimum Gasteiger partial charge on any atom is -0.508 e. The molecule has 0 bridgehead atoms. The van der Waals surface area contributed by atoms with Crippen LogP contribution in [0.5, 0.6) is 11.6 Å². The Kier molecular flexibility index (Phi) is 4.07. The standard InChI is InChI=1S/C16H12Cl2N2O3/c17-10-6-11(18)8-12(7-10)20-15(22)14(19-16(20)23)5-9-2-1-3-13(21)4-9/h1-4,6-8,21-22H,5H2,(H,19,23). The normalized spacial score (nSPS) is 10.9. The van der Waals surface area contributed by atoms with Crippen molar-refractivity contribution in [1.82, 2.24) is 9.55 Å². The number of phenols is 1. The highest BCUT2D eigenvalue weighted by atomic mass is 35.5. The molecule has 3 N–H and O–H groups in total. The zero-order valence-electron chi connectivity index (χ0n) is 11.8. The van der Waals surface area contributed by atoms with Gasteiger partial charge in [0.2, 0.25) is 5.88 Å². The fourth-order valence-electron chi connectivity index (χ4n) is 2.37. The fraction of sp³-hybridized carbons (Fsp3) is 0.0625. The van der Waals surface area contributed by atoms with E-state index >= 15 is 0 Å². The van der Waals surface area contributed by atoms with Gasteiger partial charge in [-0.25, -0.2) is 9.36 Å². The molecule has 23 heavy (non-hydrogen) atoms. The quantitative estimate of drug-likeness (QED) is 0.676. The van der Waals surface area contributed by atoms with Gasteiger partial charge in [-0.3, -0.25) is 0 Å². The summed E-state index contributed by atoms with van der Waals surface area (Å²) >= 11 is 11.9. The van der Waals surface area contributed by atoms with Crippen LogP contribution in [0.3, 0.4) is 0 Å². The highest BCUT2D eigenvalue weighted by molar-refractivity contribution is 6.34. The van der Waals surface area contributed by atoms with Crippen LogP contribution in [0.4, 0.5) is 0 Å². The van der Waals surface area contributed by atoms with Gasteiger partial charge in [-0.05, 0) is 35.9 Å². The smallest absolute Gasteiger partial charge is 0.333 e. The summed E-state index contributed by atoms with van der Waals surface area (Å²) in [6.45, 7) is 0. The van der Waals surface area contributed by atoms with Crippen LogP contribution in [-0.2, 0) is 6.42 Å². The largest absolute Gasteiger partial charge is 0.508 e. The number of nitrogens with one attached hydrogen (secondary N) is 1. The number of phenolic OH excluding ortho intramolecular Hbond substituents is 1. The van der Waals surface area contributed by atoms with Crippen molar-refractivity contribution in [2.24, 2.45) is 0 Å². The molecule has 0 spiro atoms. The van der Waals surface area contributed by atoms with Crippen LogP contribution in [0.2, 0.25) is 10.0 Å². The summed E-state index contributed by atoms with van der Waals surface area (Å²) in [5.74, 6) is -0.109. The first-order valence-electron chi connectivity index (χ1n) is 6.71.